The Morgan fingerprint density at radius 3 is 2.42 bits per heavy atom. The van der Waals surface area contributed by atoms with Gasteiger partial charge in [0.1, 0.15) is 12.4 Å². The normalized spacial score (nSPS) is 14.7. The molecule has 1 aliphatic rings. The van der Waals surface area contributed by atoms with E-state index in [1.165, 1.54) is 0 Å². The summed E-state index contributed by atoms with van der Waals surface area (Å²) >= 11 is 1.11. The molecule has 0 spiro atoms. The van der Waals surface area contributed by atoms with E-state index in [4.69, 9.17) is 9.47 Å². The Balaban J connectivity index is 1.38. The predicted molar refractivity (Wildman–Crippen MR) is 117 cm³/mol. The Hall–Kier alpha value is -3.26. The Bertz CT molecular complexity index is 1040. The van der Waals surface area contributed by atoms with Crippen LogP contribution in [0.1, 0.15) is 46.1 Å². The van der Waals surface area contributed by atoms with Gasteiger partial charge in [-0.3, -0.25) is 9.59 Å². The minimum Gasteiger partial charge on any atom is -0.497 e. The number of methoxy groups -OCH3 is 1. The summed E-state index contributed by atoms with van der Waals surface area (Å²) in [4.78, 5) is 25.4. The van der Waals surface area contributed by atoms with Crippen LogP contribution >= 0.6 is 11.3 Å². The molecule has 0 aliphatic heterocycles. The van der Waals surface area contributed by atoms with Crippen LogP contribution in [0.3, 0.4) is 0 Å². The van der Waals surface area contributed by atoms with Crippen molar-refractivity contribution in [1.29, 1.82) is 0 Å². The molecule has 1 N–H and O–H groups in total. The molecule has 0 bridgehead atoms. The van der Waals surface area contributed by atoms with E-state index in [0.717, 1.165) is 42.6 Å². The molecule has 0 unspecified atom stereocenters. The molecule has 1 fully saturated rings. The number of aromatic nitrogens is 2. The van der Waals surface area contributed by atoms with Crippen molar-refractivity contribution in [2.24, 2.45) is 0 Å². The van der Waals surface area contributed by atoms with Crippen LogP contribution in [0.15, 0.2) is 54.6 Å². The van der Waals surface area contributed by atoms with Crippen molar-refractivity contribution < 1.29 is 19.1 Å². The number of rotatable bonds is 7. The van der Waals surface area contributed by atoms with Crippen molar-refractivity contribution in [1.82, 2.24) is 10.2 Å². The summed E-state index contributed by atoms with van der Waals surface area (Å²) in [5.41, 5.74) is 1.02. The Labute approximate surface area is 184 Å². The quantitative estimate of drug-likeness (QED) is 0.553. The van der Waals surface area contributed by atoms with Gasteiger partial charge in [0.15, 0.2) is 5.01 Å². The average Bonchev–Trinajstić information content (AvgIpc) is 3.49. The van der Waals surface area contributed by atoms with Crippen molar-refractivity contribution in [3.05, 3.63) is 70.2 Å². The van der Waals surface area contributed by atoms with Gasteiger partial charge in [0.2, 0.25) is 5.01 Å². The number of nitrogens with zero attached hydrogens (tertiary/aromatic N) is 2. The minimum atomic E-state index is -0.597. The molecule has 31 heavy (non-hydrogen) atoms. The van der Waals surface area contributed by atoms with E-state index >= 15 is 0 Å². The van der Waals surface area contributed by atoms with Gasteiger partial charge < -0.3 is 14.8 Å². The van der Waals surface area contributed by atoms with Gasteiger partial charge in [0, 0.05) is 5.69 Å². The number of amides is 1. The third-order valence-electron chi connectivity index (χ3n) is 5.51. The fraction of sp³-hybridized carbons (Fsp3) is 0.304. The molecule has 1 aliphatic carbocycles. The molecule has 1 saturated carbocycles. The first kappa shape index (κ1) is 21.0. The summed E-state index contributed by atoms with van der Waals surface area (Å²) in [6, 6.07) is 16.8. The van der Waals surface area contributed by atoms with Crippen LogP contribution in [0.2, 0.25) is 0 Å². The second-order valence-corrected chi connectivity index (χ2v) is 8.48. The van der Waals surface area contributed by atoms with Crippen molar-refractivity contribution in [3.8, 4) is 5.75 Å². The fourth-order valence-electron chi connectivity index (χ4n) is 3.87. The van der Waals surface area contributed by atoms with Gasteiger partial charge >= 0.3 is 5.97 Å². The van der Waals surface area contributed by atoms with Gasteiger partial charge in [0.25, 0.3) is 5.91 Å². The zero-order valence-electron chi connectivity index (χ0n) is 17.2. The first-order valence-corrected chi connectivity index (χ1v) is 10.9. The maximum absolute atomic E-state index is 13.0. The number of benzene rings is 2. The first-order valence-electron chi connectivity index (χ1n) is 10.1. The lowest BCUT2D eigenvalue weighted by atomic mass is 9.79. The molecule has 1 aromatic heterocycles. The molecule has 1 amide bonds. The van der Waals surface area contributed by atoms with E-state index in [-0.39, 0.29) is 23.5 Å². The van der Waals surface area contributed by atoms with Crippen molar-refractivity contribution in [3.63, 3.8) is 0 Å². The van der Waals surface area contributed by atoms with Crippen molar-refractivity contribution in [2.45, 2.75) is 37.7 Å². The highest BCUT2D eigenvalue weighted by molar-refractivity contribution is 7.13. The van der Waals surface area contributed by atoms with Gasteiger partial charge in [-0.05, 0) is 42.7 Å². The van der Waals surface area contributed by atoms with Crippen LogP contribution in [-0.4, -0.2) is 29.2 Å². The Morgan fingerprint density at radius 2 is 1.74 bits per heavy atom. The lowest BCUT2D eigenvalue weighted by Gasteiger charge is -2.26. The van der Waals surface area contributed by atoms with Gasteiger partial charge in [-0.15, -0.1) is 10.2 Å². The van der Waals surface area contributed by atoms with E-state index in [0.29, 0.717) is 16.4 Å². The lowest BCUT2D eigenvalue weighted by Crippen LogP contribution is -2.34. The van der Waals surface area contributed by atoms with Gasteiger partial charge in [0.05, 0.1) is 12.5 Å². The summed E-state index contributed by atoms with van der Waals surface area (Å²) in [6.45, 7) is 0.000892. The largest absolute Gasteiger partial charge is 0.497 e. The monoisotopic (exact) mass is 437 g/mol. The molecule has 8 heteroatoms. The van der Waals surface area contributed by atoms with Crippen molar-refractivity contribution in [2.75, 3.05) is 12.4 Å². The maximum atomic E-state index is 13.0. The van der Waals surface area contributed by atoms with Crippen LogP contribution in [0.5, 0.6) is 5.75 Å². The number of carbonyl (C=O) groups excluding carboxylic acids is 2. The molecular weight excluding hydrogens is 414 g/mol. The maximum Gasteiger partial charge on any atom is 0.316 e. The smallest absolute Gasteiger partial charge is 0.316 e. The number of carbonyl (C=O) groups is 2. The molecule has 3 aromatic rings. The molecule has 7 nitrogen and oxygen atoms in total. The zero-order valence-corrected chi connectivity index (χ0v) is 18.0. The van der Waals surface area contributed by atoms with E-state index in [9.17, 15) is 9.59 Å². The third kappa shape index (κ3) is 4.59. The summed E-state index contributed by atoms with van der Waals surface area (Å²) < 4.78 is 10.7. The summed E-state index contributed by atoms with van der Waals surface area (Å²) in [5, 5.41) is 11.4. The summed E-state index contributed by atoms with van der Waals surface area (Å²) in [5.74, 6) is 0.0981. The molecule has 1 heterocycles. The molecular formula is C23H23N3O4S. The van der Waals surface area contributed by atoms with Gasteiger partial charge in [-0.2, -0.15) is 0 Å². The lowest BCUT2D eigenvalue weighted by molar-refractivity contribution is -0.152. The van der Waals surface area contributed by atoms with Crippen LogP contribution in [-0.2, 0) is 21.6 Å². The molecule has 2 aromatic carbocycles. The number of hydrogen-bond donors (Lipinski definition) is 1. The number of nitrogens with one attached hydrogen (secondary N) is 1. The highest BCUT2D eigenvalue weighted by Gasteiger charge is 2.44. The van der Waals surface area contributed by atoms with Crippen LogP contribution in [0.4, 0.5) is 5.69 Å². The minimum absolute atomic E-state index is 0.000892. The molecule has 0 radical (unpaired) electrons. The molecule has 0 atom stereocenters. The second kappa shape index (κ2) is 9.26. The van der Waals surface area contributed by atoms with Crippen LogP contribution < -0.4 is 10.1 Å². The standard InChI is InChI=1S/C23H23N3O4S/c1-29-18-11-9-17(10-12-18)24-20(27)21-26-25-19(31-21)15-30-22(28)23(13-5-6-14-23)16-7-3-2-4-8-16/h2-4,7-12H,5-6,13-15H2,1H3,(H,24,27). The molecule has 0 saturated heterocycles. The van der Waals surface area contributed by atoms with Crippen LogP contribution in [0, 0.1) is 0 Å². The van der Waals surface area contributed by atoms with Gasteiger partial charge in [-0.25, -0.2) is 0 Å². The molecule has 4 rings (SSSR count). The number of hydrogen-bond acceptors (Lipinski definition) is 7. The number of anilines is 1. The first-order chi connectivity index (χ1) is 15.1. The Morgan fingerprint density at radius 1 is 1.03 bits per heavy atom. The average molecular weight is 438 g/mol. The van der Waals surface area contributed by atoms with E-state index in [2.05, 4.69) is 15.5 Å². The predicted octanol–water partition coefficient (Wildman–Crippen LogP) is 4.35. The fourth-order valence-corrected chi connectivity index (χ4v) is 4.52. The topological polar surface area (TPSA) is 90.4 Å². The zero-order chi connectivity index (χ0) is 21.7. The third-order valence-corrected chi connectivity index (χ3v) is 6.41. The van der Waals surface area contributed by atoms with E-state index in [1.54, 1.807) is 31.4 Å². The highest BCUT2D eigenvalue weighted by Crippen LogP contribution is 2.42. The van der Waals surface area contributed by atoms with Crippen LogP contribution in [0.25, 0.3) is 0 Å². The second-order valence-electron chi connectivity index (χ2n) is 7.41. The summed E-state index contributed by atoms with van der Waals surface area (Å²) in [6.07, 6.45) is 3.56. The van der Waals surface area contributed by atoms with Gasteiger partial charge in [-0.1, -0.05) is 54.5 Å². The highest BCUT2D eigenvalue weighted by atomic mass is 32.1. The van der Waals surface area contributed by atoms with E-state index < -0.39 is 5.41 Å². The number of esters is 1. The SMILES string of the molecule is COc1ccc(NC(=O)c2nnc(COC(=O)C3(c4ccccc4)CCCC3)s2)cc1. The molecule has 160 valence electrons. The Kier molecular flexibility index (Phi) is 6.27. The van der Waals surface area contributed by atoms with Crippen molar-refractivity contribution >= 4 is 28.9 Å². The van der Waals surface area contributed by atoms with E-state index in [1.807, 2.05) is 30.3 Å². The summed E-state index contributed by atoms with van der Waals surface area (Å²) in [7, 11) is 1.58. The number of ether oxygens (including phenoxy) is 2.